The van der Waals surface area contributed by atoms with Gasteiger partial charge in [0.2, 0.25) is 0 Å². The summed E-state index contributed by atoms with van der Waals surface area (Å²) in [6.45, 7) is 2.03. The van der Waals surface area contributed by atoms with E-state index >= 15 is 0 Å². The summed E-state index contributed by atoms with van der Waals surface area (Å²) in [5.74, 6) is -0.194. The van der Waals surface area contributed by atoms with Crippen molar-refractivity contribution in [2.75, 3.05) is 16.4 Å². The number of nitrogens with one attached hydrogen (secondary N) is 2. The fraction of sp³-hybridized carbons (Fsp3) is 0.0909. The highest BCUT2D eigenvalue weighted by Gasteiger charge is 2.17. The van der Waals surface area contributed by atoms with Gasteiger partial charge in [0.05, 0.1) is 10.6 Å². The molecule has 4 rings (SSSR count). The van der Waals surface area contributed by atoms with Gasteiger partial charge < -0.3 is 21.5 Å². The van der Waals surface area contributed by atoms with E-state index in [-0.39, 0.29) is 18.2 Å². The Kier molecular flexibility index (Phi) is 5.24. The number of halogens is 1. The second-order valence-electron chi connectivity index (χ2n) is 6.79. The molecule has 0 saturated heterocycles. The van der Waals surface area contributed by atoms with E-state index in [4.69, 9.17) is 5.73 Å². The van der Waals surface area contributed by atoms with Gasteiger partial charge in [0.25, 0.3) is 5.91 Å². The molecule has 30 heavy (non-hydrogen) atoms. The molecule has 0 aliphatic rings. The number of anilines is 3. The molecule has 6 nitrogen and oxygen atoms in total. The average Bonchev–Trinajstić information content (AvgIpc) is 3.05. The third-order valence-corrected chi connectivity index (χ3v) is 6.01. The molecule has 0 fully saturated rings. The van der Waals surface area contributed by atoms with Crippen LogP contribution < -0.4 is 16.4 Å². The van der Waals surface area contributed by atoms with Crippen molar-refractivity contribution < 1.29 is 14.3 Å². The monoisotopic (exact) mass is 422 g/mol. The lowest BCUT2D eigenvalue weighted by Gasteiger charge is -2.11. The number of hydrogen-bond donors (Lipinski definition) is 4. The maximum absolute atomic E-state index is 14.3. The summed E-state index contributed by atoms with van der Waals surface area (Å²) in [6, 6.07) is 12.9. The number of rotatable bonds is 5. The van der Waals surface area contributed by atoms with Crippen molar-refractivity contribution >= 4 is 44.5 Å². The van der Waals surface area contributed by atoms with Crippen molar-refractivity contribution in [2.45, 2.75) is 13.5 Å². The van der Waals surface area contributed by atoms with Crippen LogP contribution in [0, 0.1) is 12.7 Å². The largest absolute Gasteiger partial charge is 0.508 e. The van der Waals surface area contributed by atoms with Crippen LogP contribution >= 0.6 is 11.3 Å². The molecule has 152 valence electrons. The average molecular weight is 422 g/mol. The fourth-order valence-electron chi connectivity index (χ4n) is 3.16. The summed E-state index contributed by atoms with van der Waals surface area (Å²) in [6.07, 6.45) is 1.58. The Morgan fingerprint density at radius 3 is 2.87 bits per heavy atom. The molecular formula is C22H19FN4O2S. The van der Waals surface area contributed by atoms with Gasteiger partial charge >= 0.3 is 0 Å². The molecule has 0 radical (unpaired) electrons. The zero-order chi connectivity index (χ0) is 21.3. The number of fused-ring (bicyclic) bond motifs is 1. The minimum atomic E-state index is -0.392. The number of aryl methyl sites for hydroxylation is 1. The number of carbonyl (C=O) groups is 1. The summed E-state index contributed by atoms with van der Waals surface area (Å²) in [4.78, 5) is 17.3. The quantitative estimate of drug-likeness (QED) is 0.367. The van der Waals surface area contributed by atoms with E-state index in [1.165, 1.54) is 23.5 Å². The zero-order valence-corrected chi connectivity index (χ0v) is 16.9. The molecule has 0 aliphatic carbocycles. The van der Waals surface area contributed by atoms with E-state index < -0.39 is 5.82 Å². The van der Waals surface area contributed by atoms with Gasteiger partial charge in [-0.3, -0.25) is 4.79 Å². The molecule has 1 amide bonds. The Labute approximate surface area is 176 Å². The summed E-state index contributed by atoms with van der Waals surface area (Å²) in [7, 11) is 0. The van der Waals surface area contributed by atoms with Crippen LogP contribution in [0.2, 0.25) is 0 Å². The van der Waals surface area contributed by atoms with E-state index in [9.17, 15) is 14.3 Å². The SMILES string of the molecule is Cc1c(C(=O)Nc2ccc(F)c(CNc3cccnc3N)c2)sc2ccc(O)cc12. The van der Waals surface area contributed by atoms with E-state index in [0.717, 1.165) is 15.6 Å². The first-order valence-corrected chi connectivity index (χ1v) is 10.0. The molecule has 4 aromatic rings. The van der Waals surface area contributed by atoms with Gasteiger partial charge in [-0.2, -0.15) is 0 Å². The second-order valence-corrected chi connectivity index (χ2v) is 7.84. The number of hydrogen-bond acceptors (Lipinski definition) is 6. The van der Waals surface area contributed by atoms with Crippen LogP contribution in [0.5, 0.6) is 5.75 Å². The third-order valence-electron chi connectivity index (χ3n) is 4.74. The number of aromatic hydroxyl groups is 1. The van der Waals surface area contributed by atoms with Crippen LogP contribution in [0.4, 0.5) is 21.6 Å². The Morgan fingerprint density at radius 2 is 2.07 bits per heavy atom. The lowest BCUT2D eigenvalue weighted by atomic mass is 10.1. The molecule has 8 heteroatoms. The van der Waals surface area contributed by atoms with Gasteiger partial charge in [0, 0.05) is 28.7 Å². The van der Waals surface area contributed by atoms with Crippen molar-refractivity contribution in [1.29, 1.82) is 0 Å². The maximum Gasteiger partial charge on any atom is 0.266 e. The number of phenolic OH excluding ortho intramolecular Hbond substituents is 1. The number of pyridine rings is 1. The van der Waals surface area contributed by atoms with Gasteiger partial charge in [-0.25, -0.2) is 9.37 Å². The van der Waals surface area contributed by atoms with Gasteiger partial charge in [0.15, 0.2) is 0 Å². The van der Waals surface area contributed by atoms with Crippen molar-refractivity contribution in [3.8, 4) is 5.75 Å². The van der Waals surface area contributed by atoms with E-state index in [1.807, 2.05) is 6.92 Å². The topological polar surface area (TPSA) is 100 Å². The van der Waals surface area contributed by atoms with Crippen molar-refractivity contribution in [2.24, 2.45) is 0 Å². The van der Waals surface area contributed by atoms with Crippen LogP contribution in [0.25, 0.3) is 10.1 Å². The first-order valence-electron chi connectivity index (χ1n) is 9.18. The van der Waals surface area contributed by atoms with Gasteiger partial charge in [0.1, 0.15) is 17.4 Å². The third kappa shape index (κ3) is 3.90. The highest BCUT2D eigenvalue weighted by molar-refractivity contribution is 7.21. The van der Waals surface area contributed by atoms with Gasteiger partial charge in [-0.1, -0.05) is 0 Å². The minimum absolute atomic E-state index is 0.153. The summed E-state index contributed by atoms with van der Waals surface area (Å²) in [5, 5.41) is 16.4. The zero-order valence-electron chi connectivity index (χ0n) is 16.1. The van der Waals surface area contributed by atoms with E-state index in [0.29, 0.717) is 27.6 Å². The summed E-state index contributed by atoms with van der Waals surface area (Å²) >= 11 is 1.35. The Balaban J connectivity index is 1.54. The number of amides is 1. The highest BCUT2D eigenvalue weighted by Crippen LogP contribution is 2.33. The lowest BCUT2D eigenvalue weighted by Crippen LogP contribution is -2.12. The maximum atomic E-state index is 14.3. The molecular weight excluding hydrogens is 403 g/mol. The number of thiophene rings is 1. The first kappa shape index (κ1) is 19.7. The van der Waals surface area contributed by atoms with Crippen LogP contribution in [0.1, 0.15) is 20.8 Å². The van der Waals surface area contributed by atoms with Gasteiger partial charge in [-0.15, -0.1) is 11.3 Å². The number of nitrogens with zero attached hydrogens (tertiary/aromatic N) is 1. The second kappa shape index (κ2) is 8.00. The number of nitrogens with two attached hydrogens (primary N) is 1. The Bertz CT molecular complexity index is 1260. The van der Waals surface area contributed by atoms with Crippen molar-refractivity contribution in [3.05, 3.63) is 76.5 Å². The van der Waals surface area contributed by atoms with E-state index in [1.54, 1.807) is 42.6 Å². The number of benzene rings is 2. The predicted molar refractivity (Wildman–Crippen MR) is 119 cm³/mol. The summed E-state index contributed by atoms with van der Waals surface area (Å²) < 4.78 is 15.2. The van der Waals surface area contributed by atoms with Crippen LogP contribution in [-0.2, 0) is 6.54 Å². The Morgan fingerprint density at radius 1 is 1.23 bits per heavy atom. The standard InChI is InChI=1S/C22H19FN4O2S/c1-12-16-10-15(28)5-7-19(16)30-20(12)22(29)27-14-4-6-17(23)13(9-14)11-26-18-3-2-8-25-21(18)24/h2-10,26,28H,11H2,1H3,(H2,24,25)(H,27,29). The smallest absolute Gasteiger partial charge is 0.266 e. The molecule has 5 N–H and O–H groups in total. The highest BCUT2D eigenvalue weighted by atomic mass is 32.1. The minimum Gasteiger partial charge on any atom is -0.508 e. The van der Waals surface area contributed by atoms with Crippen LogP contribution in [0.3, 0.4) is 0 Å². The Hall–Kier alpha value is -3.65. The van der Waals surface area contributed by atoms with Crippen LogP contribution in [-0.4, -0.2) is 16.0 Å². The molecule has 2 aromatic heterocycles. The number of nitrogen functional groups attached to an aromatic ring is 1. The first-order chi connectivity index (χ1) is 14.4. The summed E-state index contributed by atoms with van der Waals surface area (Å²) in [5.41, 5.74) is 8.06. The predicted octanol–water partition coefficient (Wildman–Crippen LogP) is 4.90. The molecule has 0 spiro atoms. The van der Waals surface area contributed by atoms with Gasteiger partial charge in [-0.05, 0) is 66.4 Å². The molecule has 2 aromatic carbocycles. The number of carbonyl (C=O) groups excluding carboxylic acids is 1. The molecule has 0 bridgehead atoms. The van der Waals surface area contributed by atoms with Crippen LogP contribution in [0.15, 0.2) is 54.7 Å². The lowest BCUT2D eigenvalue weighted by molar-refractivity contribution is 0.103. The van der Waals surface area contributed by atoms with E-state index in [2.05, 4.69) is 15.6 Å². The number of aromatic nitrogens is 1. The molecule has 2 heterocycles. The van der Waals surface area contributed by atoms with Crippen molar-refractivity contribution in [1.82, 2.24) is 4.98 Å². The normalized spacial score (nSPS) is 10.9. The van der Waals surface area contributed by atoms with Crippen molar-refractivity contribution in [3.63, 3.8) is 0 Å². The molecule has 0 saturated carbocycles. The molecule has 0 atom stereocenters. The molecule has 0 aliphatic heterocycles. The number of phenols is 1. The molecule has 0 unspecified atom stereocenters. The fourth-order valence-corrected chi connectivity index (χ4v) is 4.24.